The molecule has 6 heteroatoms. The van der Waals surface area contributed by atoms with Gasteiger partial charge in [-0.15, -0.1) is 0 Å². The molecule has 0 saturated carbocycles. The van der Waals surface area contributed by atoms with Crippen LogP contribution in [0.1, 0.15) is 15.9 Å². The zero-order valence-electron chi connectivity index (χ0n) is 12.2. The molecule has 1 atom stereocenters. The van der Waals surface area contributed by atoms with E-state index in [2.05, 4.69) is 4.74 Å². The molecule has 0 spiro atoms. The van der Waals surface area contributed by atoms with Crippen molar-refractivity contribution in [3.8, 4) is 5.75 Å². The van der Waals surface area contributed by atoms with Crippen LogP contribution in [0.15, 0.2) is 18.2 Å². The van der Waals surface area contributed by atoms with Gasteiger partial charge in [-0.1, -0.05) is 0 Å². The van der Waals surface area contributed by atoms with Gasteiger partial charge >= 0.3 is 5.97 Å². The van der Waals surface area contributed by atoms with Crippen molar-refractivity contribution < 1.29 is 23.9 Å². The number of esters is 1. The van der Waals surface area contributed by atoms with E-state index in [0.717, 1.165) is 5.56 Å². The van der Waals surface area contributed by atoms with Crippen molar-refractivity contribution in [2.45, 2.75) is 6.92 Å². The van der Waals surface area contributed by atoms with E-state index in [1.54, 1.807) is 25.3 Å². The van der Waals surface area contributed by atoms with Crippen molar-refractivity contribution in [1.82, 2.24) is 4.90 Å². The number of aryl methyl sites for hydroxylation is 1. The number of nitrogens with zero attached hydrogens (tertiary/aromatic N) is 1. The second-order valence-electron chi connectivity index (χ2n) is 4.91. The van der Waals surface area contributed by atoms with Crippen LogP contribution in [0.4, 0.5) is 0 Å². The van der Waals surface area contributed by atoms with Crippen molar-refractivity contribution in [3.05, 3.63) is 29.3 Å². The smallest absolute Gasteiger partial charge is 0.318 e. The van der Waals surface area contributed by atoms with Crippen molar-refractivity contribution in [3.63, 3.8) is 0 Å². The average molecular weight is 291 g/mol. The molecule has 0 radical (unpaired) electrons. The van der Waals surface area contributed by atoms with E-state index in [9.17, 15) is 14.4 Å². The molecule has 0 N–H and O–H groups in total. The predicted molar refractivity (Wildman–Crippen MR) is 74.1 cm³/mol. The van der Waals surface area contributed by atoms with Gasteiger partial charge in [-0.2, -0.15) is 0 Å². The summed E-state index contributed by atoms with van der Waals surface area (Å²) in [5.74, 6) is -1.35. The van der Waals surface area contributed by atoms with Gasteiger partial charge in [0, 0.05) is 12.1 Å². The second kappa shape index (κ2) is 5.95. The number of likely N-dealkylation sites (tertiary alicyclic amines) is 1. The zero-order valence-corrected chi connectivity index (χ0v) is 12.2. The maximum absolute atomic E-state index is 12.4. The second-order valence-corrected chi connectivity index (χ2v) is 4.91. The lowest BCUT2D eigenvalue weighted by molar-refractivity contribution is -0.147. The number of ketones is 1. The van der Waals surface area contributed by atoms with E-state index in [1.807, 2.05) is 6.92 Å². The highest BCUT2D eigenvalue weighted by molar-refractivity contribution is 6.06. The van der Waals surface area contributed by atoms with Crippen LogP contribution in [0.5, 0.6) is 5.75 Å². The first-order valence-electron chi connectivity index (χ1n) is 6.52. The number of methoxy groups -OCH3 is 2. The van der Waals surface area contributed by atoms with Gasteiger partial charge in [0.05, 0.1) is 20.8 Å². The minimum Gasteiger partial charge on any atom is -0.496 e. The summed E-state index contributed by atoms with van der Waals surface area (Å²) in [5, 5.41) is 0. The van der Waals surface area contributed by atoms with Gasteiger partial charge < -0.3 is 14.4 Å². The van der Waals surface area contributed by atoms with Crippen LogP contribution in [0.3, 0.4) is 0 Å². The van der Waals surface area contributed by atoms with Gasteiger partial charge in [-0.3, -0.25) is 14.4 Å². The zero-order chi connectivity index (χ0) is 15.6. The third-order valence-corrected chi connectivity index (χ3v) is 3.55. The largest absolute Gasteiger partial charge is 0.496 e. The fraction of sp³-hybridized carbons (Fsp3) is 0.400. The molecule has 1 aliphatic heterocycles. The molecule has 21 heavy (non-hydrogen) atoms. The monoisotopic (exact) mass is 291 g/mol. The number of rotatable bonds is 3. The van der Waals surface area contributed by atoms with Crippen molar-refractivity contribution >= 4 is 17.7 Å². The highest BCUT2D eigenvalue weighted by Crippen LogP contribution is 2.22. The highest BCUT2D eigenvalue weighted by Gasteiger charge is 2.39. The van der Waals surface area contributed by atoms with Crippen LogP contribution >= 0.6 is 0 Å². The van der Waals surface area contributed by atoms with Crippen molar-refractivity contribution in [2.75, 3.05) is 27.3 Å². The summed E-state index contributed by atoms with van der Waals surface area (Å²) < 4.78 is 9.72. The minimum atomic E-state index is -0.877. The summed E-state index contributed by atoms with van der Waals surface area (Å²) in [6, 6.07) is 5.06. The summed E-state index contributed by atoms with van der Waals surface area (Å²) in [6.45, 7) is 1.83. The van der Waals surface area contributed by atoms with Crippen LogP contribution in [-0.4, -0.2) is 49.9 Å². The molecule has 1 fully saturated rings. The fourth-order valence-corrected chi connectivity index (χ4v) is 2.38. The molecule has 6 nitrogen and oxygen atoms in total. The number of carbonyl (C=O) groups excluding carboxylic acids is 3. The third kappa shape index (κ3) is 2.89. The molecule has 112 valence electrons. The molecule has 1 saturated heterocycles. The van der Waals surface area contributed by atoms with Crippen molar-refractivity contribution in [1.29, 1.82) is 0 Å². The Hall–Kier alpha value is -2.37. The normalized spacial score (nSPS) is 17.8. The minimum absolute atomic E-state index is 0.0649. The van der Waals surface area contributed by atoms with Gasteiger partial charge in [0.15, 0.2) is 5.78 Å². The number of hydrogen-bond donors (Lipinski definition) is 0. The Morgan fingerprint density at radius 3 is 2.57 bits per heavy atom. The Labute approximate surface area is 122 Å². The quantitative estimate of drug-likeness (QED) is 0.609. The number of carbonyl (C=O) groups is 3. The molecule has 0 aromatic heterocycles. The molecule has 0 aliphatic carbocycles. The van der Waals surface area contributed by atoms with E-state index in [4.69, 9.17) is 4.74 Å². The number of hydrogen-bond acceptors (Lipinski definition) is 5. The third-order valence-electron chi connectivity index (χ3n) is 3.55. The lowest BCUT2D eigenvalue weighted by Gasteiger charge is -2.16. The molecular formula is C15H17NO5. The molecule has 1 amide bonds. The van der Waals surface area contributed by atoms with Crippen LogP contribution < -0.4 is 4.74 Å². The lowest BCUT2D eigenvalue weighted by Crippen LogP contribution is -2.30. The molecule has 1 aromatic rings. The van der Waals surface area contributed by atoms with E-state index < -0.39 is 11.9 Å². The standard InChI is InChI=1S/C15H17NO5/c1-9-6-10(4-5-13(9)20-2)14(18)16-7-11(12(17)8-16)15(19)21-3/h4-6,11H,7-8H2,1-3H3. The Bertz CT molecular complexity index is 596. The molecule has 1 unspecified atom stereocenters. The Morgan fingerprint density at radius 2 is 2.00 bits per heavy atom. The van der Waals surface area contributed by atoms with Gasteiger partial charge in [0.2, 0.25) is 0 Å². The molecular weight excluding hydrogens is 274 g/mol. The molecule has 1 aromatic carbocycles. The van der Waals surface area contributed by atoms with Gasteiger partial charge in [-0.25, -0.2) is 0 Å². The predicted octanol–water partition coefficient (Wildman–Crippen LogP) is 0.818. The summed E-state index contributed by atoms with van der Waals surface area (Å²) in [4.78, 5) is 37.0. The average Bonchev–Trinajstić information content (AvgIpc) is 2.87. The highest BCUT2D eigenvalue weighted by atomic mass is 16.5. The van der Waals surface area contributed by atoms with E-state index >= 15 is 0 Å². The lowest BCUT2D eigenvalue weighted by atomic mass is 10.1. The van der Waals surface area contributed by atoms with Gasteiger partial charge in [0.1, 0.15) is 11.7 Å². The Morgan fingerprint density at radius 1 is 1.29 bits per heavy atom. The van der Waals surface area contributed by atoms with Crippen molar-refractivity contribution in [2.24, 2.45) is 5.92 Å². The van der Waals surface area contributed by atoms with E-state index in [1.165, 1.54) is 12.0 Å². The first-order valence-corrected chi connectivity index (χ1v) is 6.52. The van der Waals surface area contributed by atoms with Gasteiger partial charge in [0.25, 0.3) is 5.91 Å². The SMILES string of the molecule is COC(=O)C1CN(C(=O)c2ccc(OC)c(C)c2)CC1=O. The first kappa shape index (κ1) is 15.0. The summed E-state index contributed by atoms with van der Waals surface area (Å²) in [7, 11) is 2.79. The number of ether oxygens (including phenoxy) is 2. The summed E-state index contributed by atoms with van der Waals surface area (Å²) >= 11 is 0. The fourth-order valence-electron chi connectivity index (χ4n) is 2.38. The maximum atomic E-state index is 12.4. The maximum Gasteiger partial charge on any atom is 0.318 e. The van der Waals surface area contributed by atoms with E-state index in [0.29, 0.717) is 11.3 Å². The Kier molecular flexibility index (Phi) is 4.26. The van der Waals surface area contributed by atoms with Crippen LogP contribution in [-0.2, 0) is 14.3 Å². The number of amides is 1. The number of Topliss-reactive ketones (excluding diaryl/α,β-unsaturated/α-hetero) is 1. The topological polar surface area (TPSA) is 72.9 Å². The Balaban J connectivity index is 2.16. The molecule has 0 bridgehead atoms. The molecule has 2 rings (SSSR count). The van der Waals surface area contributed by atoms with Crippen LogP contribution in [0.2, 0.25) is 0 Å². The summed E-state index contributed by atoms with van der Waals surface area (Å²) in [6.07, 6.45) is 0. The molecule has 1 aliphatic rings. The molecule has 1 heterocycles. The number of benzene rings is 1. The van der Waals surface area contributed by atoms with E-state index in [-0.39, 0.29) is 24.8 Å². The van der Waals surface area contributed by atoms with Gasteiger partial charge in [-0.05, 0) is 30.7 Å². The summed E-state index contributed by atoms with van der Waals surface area (Å²) in [5.41, 5.74) is 1.30. The first-order chi connectivity index (χ1) is 9.97. The van der Waals surface area contributed by atoms with Crippen LogP contribution in [0.25, 0.3) is 0 Å². The van der Waals surface area contributed by atoms with Crippen LogP contribution in [0, 0.1) is 12.8 Å².